The Bertz CT molecular complexity index is 1380. The van der Waals surface area contributed by atoms with Crippen LogP contribution in [0.3, 0.4) is 0 Å². The summed E-state index contributed by atoms with van der Waals surface area (Å²) in [5.74, 6) is -3.18. The zero-order valence-corrected chi connectivity index (χ0v) is 20.2. The second-order valence-corrected chi connectivity index (χ2v) is 8.87. The monoisotopic (exact) mass is 538 g/mol. The Labute approximate surface area is 214 Å². The number of cyclic esters (lactones) is 1. The predicted molar refractivity (Wildman–Crippen MR) is 131 cm³/mol. The van der Waals surface area contributed by atoms with Crippen LogP contribution in [0.1, 0.15) is 0 Å². The highest BCUT2D eigenvalue weighted by Gasteiger charge is 2.34. The van der Waals surface area contributed by atoms with Gasteiger partial charge >= 0.3 is 12.5 Å². The molecule has 0 radical (unpaired) electrons. The lowest BCUT2D eigenvalue weighted by Crippen LogP contribution is -2.37. The Morgan fingerprint density at radius 3 is 2.55 bits per heavy atom. The van der Waals surface area contributed by atoms with E-state index in [-0.39, 0.29) is 24.3 Å². The largest absolute Gasteiger partial charge is 0.442 e. The highest BCUT2D eigenvalue weighted by Crippen LogP contribution is 2.22. The molecule has 4 rings (SSSR count). The number of allylic oxidation sites excluding steroid dienone is 3. The normalized spacial score (nSPS) is 19.0. The van der Waals surface area contributed by atoms with Crippen LogP contribution in [0.5, 0.6) is 0 Å². The average Bonchev–Trinajstić information content (AvgIpc) is 3.25. The van der Waals surface area contributed by atoms with Crippen LogP contribution in [0, 0.1) is 0 Å². The minimum absolute atomic E-state index is 0.183. The van der Waals surface area contributed by atoms with E-state index in [2.05, 4.69) is 6.58 Å². The molecule has 3 N–H and O–H groups in total. The second-order valence-electron chi connectivity index (χ2n) is 8.87. The molecule has 1 atom stereocenters. The van der Waals surface area contributed by atoms with Gasteiger partial charge in [0.25, 0.3) is 11.5 Å². The second kappa shape index (κ2) is 11.1. The molecule has 2 aliphatic heterocycles. The summed E-state index contributed by atoms with van der Waals surface area (Å²) in [5.41, 5.74) is 6.63. The number of carbonyl (C=O) groups excluding carboxylic acids is 2. The van der Waals surface area contributed by atoms with E-state index < -0.39 is 42.7 Å². The van der Waals surface area contributed by atoms with Gasteiger partial charge < -0.3 is 15.8 Å². The fourth-order valence-corrected chi connectivity index (χ4v) is 4.44. The number of nitrogens with one attached hydrogen (secondary N) is 1. The number of nitrogens with two attached hydrogens (primary N) is 1. The molecule has 10 nitrogen and oxygen atoms in total. The third kappa shape index (κ3) is 5.90. The van der Waals surface area contributed by atoms with E-state index in [0.717, 1.165) is 22.6 Å². The van der Waals surface area contributed by atoms with Gasteiger partial charge in [0.1, 0.15) is 17.8 Å². The molecule has 204 valence electrons. The molecule has 0 saturated carbocycles. The molecule has 1 aromatic carbocycles. The molecule has 2 aromatic rings. The van der Waals surface area contributed by atoms with Crippen LogP contribution in [-0.4, -0.2) is 76.4 Å². The van der Waals surface area contributed by atoms with Gasteiger partial charge in [-0.15, -0.1) is 0 Å². The van der Waals surface area contributed by atoms with Crippen LogP contribution >= 0.6 is 0 Å². The molecule has 3 heterocycles. The summed E-state index contributed by atoms with van der Waals surface area (Å²) in [7, 11) is 0. The number of nitrogens with zero attached hydrogens (tertiary/aromatic N) is 4. The molecule has 2 aliphatic rings. The molecule has 1 saturated heterocycles. The molecule has 38 heavy (non-hydrogen) atoms. The van der Waals surface area contributed by atoms with Crippen LogP contribution in [0.15, 0.2) is 59.1 Å². The van der Waals surface area contributed by atoms with E-state index in [1.54, 1.807) is 27.8 Å². The highest BCUT2D eigenvalue weighted by molar-refractivity contribution is 5.82. The van der Waals surface area contributed by atoms with Crippen molar-refractivity contribution < 1.29 is 31.9 Å². The van der Waals surface area contributed by atoms with Gasteiger partial charge in [-0.2, -0.15) is 8.78 Å². The number of hydrogen-bond acceptors (Lipinski definition) is 6. The SMILES string of the molecule is C=C(F)/C=C(\C=C(\F)CN1CCn2c(=O)c3cc(N)ccc3n2CC1)N1CC(CNC(=O)C(F)F)OC1=O. The lowest BCUT2D eigenvalue weighted by molar-refractivity contribution is -0.132. The van der Waals surface area contributed by atoms with Crippen molar-refractivity contribution in [2.75, 3.05) is 38.5 Å². The molecular weight excluding hydrogens is 512 g/mol. The summed E-state index contributed by atoms with van der Waals surface area (Å²) in [5, 5.41) is 2.45. The number of amides is 2. The zero-order valence-electron chi connectivity index (χ0n) is 20.2. The predicted octanol–water partition coefficient (Wildman–Crippen LogP) is 2.12. The van der Waals surface area contributed by atoms with Crippen molar-refractivity contribution in [1.29, 1.82) is 0 Å². The van der Waals surface area contributed by atoms with Gasteiger partial charge in [-0.25, -0.2) is 18.3 Å². The number of carbonyl (C=O) groups is 2. The Hall–Kier alpha value is -4.07. The van der Waals surface area contributed by atoms with Gasteiger partial charge in [-0.05, 0) is 30.4 Å². The number of alkyl halides is 2. The molecular formula is C24H26F4N6O4. The number of ether oxygens (including phenoxy) is 1. The third-order valence-corrected chi connectivity index (χ3v) is 6.18. The van der Waals surface area contributed by atoms with E-state index >= 15 is 4.39 Å². The van der Waals surface area contributed by atoms with Crippen LogP contribution < -0.4 is 16.6 Å². The molecule has 1 aromatic heterocycles. The standard InChI is InChI=1S/C24H26F4N6O4/c1-14(25)8-17(32-13-18(38-24(32)37)11-30-22(35)21(27)28)9-15(26)12-31-4-6-33-20-3-2-16(29)10-19(20)23(36)34(33)7-5-31/h2-3,8-10,18,21H,1,4-7,11-13,29H2,(H,30,35)/b15-9+,17-8+. The minimum atomic E-state index is -3.23. The number of rotatable bonds is 8. The van der Waals surface area contributed by atoms with Gasteiger partial charge in [0.05, 0.1) is 49.3 Å². The summed E-state index contributed by atoms with van der Waals surface area (Å²) < 4.78 is 61.9. The molecule has 0 spiro atoms. The van der Waals surface area contributed by atoms with Gasteiger partial charge in [0, 0.05) is 18.8 Å². The number of hydrogen-bond donors (Lipinski definition) is 2. The summed E-state index contributed by atoms with van der Waals surface area (Å²) in [6, 6.07) is 5.09. The molecule has 14 heteroatoms. The van der Waals surface area contributed by atoms with Crippen molar-refractivity contribution in [3.05, 3.63) is 64.6 Å². The third-order valence-electron chi connectivity index (χ3n) is 6.18. The molecule has 0 aliphatic carbocycles. The first kappa shape index (κ1) is 27.0. The van der Waals surface area contributed by atoms with Crippen LogP contribution in [-0.2, 0) is 22.6 Å². The summed E-state index contributed by atoms with van der Waals surface area (Å²) in [6.07, 6.45) is -3.39. The minimum Gasteiger partial charge on any atom is -0.442 e. The van der Waals surface area contributed by atoms with Crippen LogP contribution in [0.25, 0.3) is 10.9 Å². The zero-order chi connectivity index (χ0) is 27.6. The van der Waals surface area contributed by atoms with Crippen molar-refractivity contribution >= 4 is 28.6 Å². The number of benzene rings is 1. The van der Waals surface area contributed by atoms with Crippen molar-refractivity contribution in [3.8, 4) is 0 Å². The van der Waals surface area contributed by atoms with Crippen molar-refractivity contribution in [2.24, 2.45) is 0 Å². The fourth-order valence-electron chi connectivity index (χ4n) is 4.44. The van der Waals surface area contributed by atoms with Gasteiger partial charge in [-0.1, -0.05) is 6.58 Å². The smallest absolute Gasteiger partial charge is 0.414 e. The quantitative estimate of drug-likeness (QED) is 0.302. The van der Waals surface area contributed by atoms with E-state index in [1.807, 2.05) is 10.00 Å². The Morgan fingerprint density at radius 1 is 1.16 bits per heavy atom. The summed E-state index contributed by atoms with van der Waals surface area (Å²) in [6.45, 7) is 3.77. The van der Waals surface area contributed by atoms with Gasteiger partial charge in [0.15, 0.2) is 0 Å². The Balaban J connectivity index is 1.44. The van der Waals surface area contributed by atoms with E-state index in [0.29, 0.717) is 37.3 Å². The maximum absolute atomic E-state index is 15.1. The summed E-state index contributed by atoms with van der Waals surface area (Å²) >= 11 is 0. The topological polar surface area (TPSA) is 115 Å². The van der Waals surface area contributed by atoms with Gasteiger partial charge in [0.2, 0.25) is 0 Å². The lowest BCUT2D eigenvalue weighted by Gasteiger charge is -2.19. The van der Waals surface area contributed by atoms with E-state index in [4.69, 9.17) is 10.5 Å². The maximum Gasteiger partial charge on any atom is 0.414 e. The van der Waals surface area contributed by atoms with Crippen molar-refractivity contribution in [2.45, 2.75) is 25.6 Å². The number of anilines is 1. The first-order valence-corrected chi connectivity index (χ1v) is 11.7. The Kier molecular flexibility index (Phi) is 7.90. The maximum atomic E-state index is 15.1. The van der Waals surface area contributed by atoms with Crippen molar-refractivity contribution in [1.82, 2.24) is 24.5 Å². The number of halogens is 4. The first-order valence-electron chi connectivity index (χ1n) is 11.7. The number of nitrogen functional groups attached to an aromatic ring is 1. The Morgan fingerprint density at radius 2 is 1.87 bits per heavy atom. The van der Waals surface area contributed by atoms with Crippen LogP contribution in [0.4, 0.5) is 28.0 Å². The molecule has 1 fully saturated rings. The highest BCUT2D eigenvalue weighted by atomic mass is 19.3. The number of aromatic nitrogens is 2. The van der Waals surface area contributed by atoms with Gasteiger partial charge in [-0.3, -0.25) is 24.1 Å². The lowest BCUT2D eigenvalue weighted by atomic mass is 10.2. The molecule has 1 unspecified atom stereocenters. The molecule has 0 bridgehead atoms. The fraction of sp³-hybridized carbons (Fsp3) is 0.375. The van der Waals surface area contributed by atoms with E-state index in [9.17, 15) is 27.6 Å². The first-order chi connectivity index (χ1) is 18.0. The van der Waals surface area contributed by atoms with Crippen molar-refractivity contribution in [3.63, 3.8) is 0 Å². The summed E-state index contributed by atoms with van der Waals surface area (Å²) in [4.78, 5) is 38.9. The van der Waals surface area contributed by atoms with Crippen LogP contribution in [0.2, 0.25) is 0 Å². The molecule has 2 amide bonds. The average molecular weight is 539 g/mol. The number of fused-ring (bicyclic) bond motifs is 3. The van der Waals surface area contributed by atoms with E-state index in [1.165, 1.54) is 0 Å².